The van der Waals surface area contributed by atoms with E-state index in [1.165, 1.54) is 12.1 Å². The van der Waals surface area contributed by atoms with Crippen LogP contribution >= 0.6 is 0 Å². The Morgan fingerprint density at radius 2 is 1.80 bits per heavy atom. The second-order valence-electron chi connectivity index (χ2n) is 16.2. The number of allylic oxidation sites excluding steroid dienone is 1. The van der Waals surface area contributed by atoms with Crippen molar-refractivity contribution in [2.45, 2.75) is 88.9 Å². The number of carbonyl (C=O) groups excluding carboxylic acids is 3. The third-order valence-electron chi connectivity index (χ3n) is 12.4. The minimum absolute atomic E-state index is 0.0211. The van der Waals surface area contributed by atoms with Gasteiger partial charge in [0, 0.05) is 70.4 Å². The average Bonchev–Trinajstić information content (AvgIpc) is 3.91. The largest absolute Gasteiger partial charge is 0.368 e. The number of rotatable bonds is 7. The fourth-order valence-corrected chi connectivity index (χ4v) is 9.34. The molecule has 0 bridgehead atoms. The van der Waals surface area contributed by atoms with Crippen LogP contribution in [0.15, 0.2) is 35.5 Å². The summed E-state index contributed by atoms with van der Waals surface area (Å²) in [7, 11) is 2.03. The Balaban J connectivity index is 1.29. The maximum Gasteiger partial charge on any atom is 0.252 e. The third kappa shape index (κ3) is 6.93. The maximum atomic E-state index is 15.6. The molecule has 1 aliphatic carbocycles. The van der Waals surface area contributed by atoms with Gasteiger partial charge >= 0.3 is 0 Å². The van der Waals surface area contributed by atoms with Crippen molar-refractivity contribution in [2.24, 2.45) is 15.9 Å². The Morgan fingerprint density at radius 1 is 1.04 bits per heavy atom. The first kappa shape index (κ1) is 36.0. The van der Waals surface area contributed by atoms with Gasteiger partial charge in [0.25, 0.3) is 5.91 Å². The first-order valence-corrected chi connectivity index (χ1v) is 18.8. The number of hydrazone groups is 1. The highest BCUT2D eigenvalue weighted by molar-refractivity contribution is 6.16. The maximum absolute atomic E-state index is 15.6. The van der Waals surface area contributed by atoms with Crippen LogP contribution < -0.4 is 10.7 Å². The molecule has 6 aliphatic rings. The summed E-state index contributed by atoms with van der Waals surface area (Å²) in [6, 6.07) is 2.25. The summed E-state index contributed by atoms with van der Waals surface area (Å²) in [5.41, 5.74) is 2.44. The summed E-state index contributed by atoms with van der Waals surface area (Å²) < 4.78 is 35.7. The standard InChI is InChI=1S/C38H53F2N7O4/c1-37(2)12-10-26(11-13-37)47(35(49)32-6-5-19-51-32)27-21-31(34(48)45-17-15-44(3)16-18-45)46(23-27)36(50)38(33-7-4-14-42-43-33)24-41-22-29(38)28-9-8-25(39)20-30(28)40/h4,7-9,20,26-27,29,31-32,41-42H,5-6,10-19,21-24H2,1-3H3/t27-,29-,31-,32-,38+/m0/s1. The SMILES string of the molecule is CN1CCN(C(=O)[C@@H]2C[C@H](N(C(=O)[C@@H]3CCCO3)C3CCC(C)(C)CC3)CN2C(=O)[C@]2(C3=NNCC=C3)CNC[C@H]2c2ccc(F)cc2F)CC1. The van der Waals surface area contributed by atoms with Crippen LogP contribution in [0, 0.1) is 22.5 Å². The van der Waals surface area contributed by atoms with Gasteiger partial charge in [-0.15, -0.1) is 0 Å². The number of amides is 3. The molecule has 11 nitrogen and oxygen atoms in total. The molecule has 1 aromatic rings. The fourth-order valence-electron chi connectivity index (χ4n) is 9.34. The van der Waals surface area contributed by atoms with Crippen molar-refractivity contribution in [1.82, 2.24) is 30.3 Å². The molecule has 7 rings (SSSR count). The Bertz CT molecular complexity index is 1550. The quantitative estimate of drug-likeness (QED) is 0.449. The lowest BCUT2D eigenvalue weighted by molar-refractivity contribution is -0.149. The lowest BCUT2D eigenvalue weighted by Crippen LogP contribution is -2.58. The van der Waals surface area contributed by atoms with Gasteiger partial charge < -0.3 is 35.1 Å². The summed E-state index contributed by atoms with van der Waals surface area (Å²) in [5.74, 6) is -2.66. The summed E-state index contributed by atoms with van der Waals surface area (Å²) in [6.07, 6.45) is 8.59. The molecule has 5 fully saturated rings. The van der Waals surface area contributed by atoms with Crippen molar-refractivity contribution in [3.05, 3.63) is 47.5 Å². The molecule has 1 saturated carbocycles. The lowest BCUT2D eigenvalue weighted by Gasteiger charge is -2.43. The minimum Gasteiger partial charge on any atom is -0.368 e. The zero-order valence-electron chi connectivity index (χ0n) is 30.2. The van der Waals surface area contributed by atoms with Gasteiger partial charge in [0.1, 0.15) is 29.2 Å². The van der Waals surface area contributed by atoms with Gasteiger partial charge in [-0.3, -0.25) is 14.4 Å². The minimum atomic E-state index is -1.39. The molecule has 4 saturated heterocycles. The Morgan fingerprint density at radius 3 is 2.47 bits per heavy atom. The number of carbonyl (C=O) groups is 3. The van der Waals surface area contributed by atoms with Gasteiger partial charge in [0.05, 0.1) is 18.3 Å². The molecule has 0 aromatic heterocycles. The van der Waals surface area contributed by atoms with E-state index in [2.05, 4.69) is 34.6 Å². The molecule has 1 aromatic carbocycles. The second kappa shape index (κ2) is 14.5. The van der Waals surface area contributed by atoms with Crippen molar-refractivity contribution in [3.63, 3.8) is 0 Å². The summed E-state index contributed by atoms with van der Waals surface area (Å²) in [5, 5.41) is 7.94. The smallest absolute Gasteiger partial charge is 0.252 e. The van der Waals surface area contributed by atoms with Crippen molar-refractivity contribution >= 4 is 23.4 Å². The molecule has 3 amide bonds. The van der Waals surface area contributed by atoms with E-state index in [4.69, 9.17) is 4.74 Å². The van der Waals surface area contributed by atoms with Gasteiger partial charge in [0.15, 0.2) is 0 Å². The van der Waals surface area contributed by atoms with Crippen LogP contribution in [-0.4, -0.2) is 133 Å². The predicted octanol–water partition coefficient (Wildman–Crippen LogP) is 2.87. The number of halogens is 2. The number of nitrogens with zero attached hydrogens (tertiary/aromatic N) is 5. The first-order valence-electron chi connectivity index (χ1n) is 18.8. The number of piperazine rings is 1. The van der Waals surface area contributed by atoms with E-state index in [0.29, 0.717) is 44.8 Å². The molecule has 13 heteroatoms. The van der Waals surface area contributed by atoms with E-state index in [9.17, 15) is 14.0 Å². The molecule has 0 unspecified atom stereocenters. The van der Waals surface area contributed by atoms with Gasteiger partial charge in [-0.05, 0) is 75.1 Å². The molecule has 2 N–H and O–H groups in total. The van der Waals surface area contributed by atoms with E-state index < -0.39 is 41.2 Å². The highest BCUT2D eigenvalue weighted by atomic mass is 19.1. The van der Waals surface area contributed by atoms with Crippen LogP contribution in [-0.2, 0) is 19.1 Å². The number of hydrogen-bond donors (Lipinski definition) is 2. The highest BCUT2D eigenvalue weighted by Gasteiger charge is 2.59. The number of benzene rings is 1. The van der Waals surface area contributed by atoms with Crippen molar-refractivity contribution in [1.29, 1.82) is 0 Å². The van der Waals surface area contributed by atoms with Crippen LogP contribution in [0.4, 0.5) is 8.78 Å². The van der Waals surface area contributed by atoms with Crippen LogP contribution in [0.25, 0.3) is 0 Å². The number of likely N-dealkylation sites (tertiary alicyclic amines) is 1. The second-order valence-corrected chi connectivity index (χ2v) is 16.2. The summed E-state index contributed by atoms with van der Waals surface area (Å²) in [4.78, 5) is 52.3. The number of likely N-dealkylation sites (N-methyl/N-ethyl adjacent to an activating group) is 1. The molecule has 0 radical (unpaired) electrons. The molecule has 278 valence electrons. The van der Waals surface area contributed by atoms with Crippen molar-refractivity contribution in [3.8, 4) is 0 Å². The van der Waals surface area contributed by atoms with E-state index >= 15 is 9.18 Å². The summed E-state index contributed by atoms with van der Waals surface area (Å²) in [6.45, 7) is 8.69. The third-order valence-corrected chi connectivity index (χ3v) is 12.4. The van der Waals surface area contributed by atoms with Crippen LogP contribution in [0.1, 0.15) is 70.3 Å². The Labute approximate surface area is 299 Å². The molecule has 5 aliphatic heterocycles. The van der Waals surface area contributed by atoms with E-state index in [1.807, 2.05) is 22.9 Å². The van der Waals surface area contributed by atoms with Crippen LogP contribution in [0.2, 0.25) is 0 Å². The van der Waals surface area contributed by atoms with Crippen LogP contribution in [0.5, 0.6) is 0 Å². The topological polar surface area (TPSA) is 110 Å². The summed E-state index contributed by atoms with van der Waals surface area (Å²) >= 11 is 0. The van der Waals surface area contributed by atoms with Crippen LogP contribution in [0.3, 0.4) is 0 Å². The average molecular weight is 710 g/mol. The lowest BCUT2D eigenvalue weighted by atomic mass is 9.69. The zero-order valence-corrected chi connectivity index (χ0v) is 30.2. The number of hydrogen-bond acceptors (Lipinski definition) is 8. The van der Waals surface area contributed by atoms with Gasteiger partial charge in [-0.1, -0.05) is 26.0 Å². The Kier molecular flexibility index (Phi) is 10.3. The predicted molar refractivity (Wildman–Crippen MR) is 189 cm³/mol. The van der Waals surface area contributed by atoms with Gasteiger partial charge in [-0.25, -0.2) is 8.78 Å². The monoisotopic (exact) mass is 709 g/mol. The van der Waals surface area contributed by atoms with Gasteiger partial charge in [-0.2, -0.15) is 5.10 Å². The first-order chi connectivity index (χ1) is 24.5. The molecule has 5 atom stereocenters. The van der Waals surface area contributed by atoms with Gasteiger partial charge in [0.2, 0.25) is 11.8 Å². The molecular formula is C38H53F2N7O4. The number of nitrogens with one attached hydrogen (secondary N) is 2. The normalized spacial score (nSPS) is 31.4. The Hall–Kier alpha value is -3.42. The molecule has 0 spiro atoms. The number of ether oxygens (including phenoxy) is 1. The van der Waals surface area contributed by atoms with E-state index in [1.54, 1.807) is 11.0 Å². The van der Waals surface area contributed by atoms with Crippen molar-refractivity contribution in [2.75, 3.05) is 66.0 Å². The zero-order chi connectivity index (χ0) is 35.9. The fraction of sp³-hybridized carbons (Fsp3) is 0.684. The van der Waals surface area contributed by atoms with Crippen molar-refractivity contribution < 1.29 is 27.9 Å². The van der Waals surface area contributed by atoms with E-state index in [0.717, 1.165) is 51.3 Å². The molecular weight excluding hydrogens is 656 g/mol. The van der Waals surface area contributed by atoms with E-state index in [-0.39, 0.29) is 54.4 Å². The molecule has 5 heterocycles. The molecule has 51 heavy (non-hydrogen) atoms. The highest BCUT2D eigenvalue weighted by Crippen LogP contribution is 2.46.